The standard InChI is InChI=1S/C14H13ClN4O.C7H8.CH2O2.HNO2/c1-9(20)17-14-8-10(16)6-7-13(14)19-18-12-5-3-2-4-11(12)15;1-7-5-3-2-4-6-7;2*2-1-3/h2-8H,16H2,1H3,(H,17,20);2-6H,1H3;1H,(H,2,3);(H,2,3). The Hall–Kier alpha value is -4.31. The summed E-state index contributed by atoms with van der Waals surface area (Å²) in [6.45, 7) is 3.25. The maximum Gasteiger partial charge on any atom is 0.290 e. The quantitative estimate of drug-likeness (QED) is 0.117. The van der Waals surface area contributed by atoms with E-state index in [9.17, 15) is 4.79 Å². The number of nitrogen functional groups attached to an aromatic ring is 1. The second-order valence-corrected chi connectivity index (χ2v) is 6.36. The van der Waals surface area contributed by atoms with Crippen LogP contribution in [0.15, 0.2) is 88.4 Å². The van der Waals surface area contributed by atoms with Crippen LogP contribution in [0.25, 0.3) is 0 Å². The average molecular weight is 474 g/mol. The fraction of sp³-hybridized carbons (Fsp3) is 0.0909. The summed E-state index contributed by atoms with van der Waals surface area (Å²) in [5.41, 5.74) is 9.12. The highest BCUT2D eigenvalue weighted by Gasteiger charge is 2.04. The van der Waals surface area contributed by atoms with Crippen molar-refractivity contribution in [1.82, 2.24) is 0 Å². The molecule has 0 atom stereocenters. The van der Waals surface area contributed by atoms with Crippen LogP contribution in [-0.4, -0.2) is 22.7 Å². The van der Waals surface area contributed by atoms with Gasteiger partial charge in [0.05, 0.1) is 10.7 Å². The van der Waals surface area contributed by atoms with Gasteiger partial charge in [-0.15, -0.1) is 15.1 Å². The van der Waals surface area contributed by atoms with Gasteiger partial charge >= 0.3 is 0 Å². The van der Waals surface area contributed by atoms with Gasteiger partial charge in [-0.1, -0.05) is 59.6 Å². The lowest BCUT2D eigenvalue weighted by molar-refractivity contribution is -0.123. The fourth-order valence-electron chi connectivity index (χ4n) is 2.11. The van der Waals surface area contributed by atoms with Crippen LogP contribution >= 0.6 is 11.6 Å². The van der Waals surface area contributed by atoms with Gasteiger partial charge in [-0.2, -0.15) is 0 Å². The van der Waals surface area contributed by atoms with Crippen molar-refractivity contribution in [3.8, 4) is 0 Å². The predicted octanol–water partition coefficient (Wildman–Crippen LogP) is 6.13. The number of halogens is 1. The number of carbonyl (C=O) groups is 2. The summed E-state index contributed by atoms with van der Waals surface area (Å²) < 4.78 is 0. The SMILES string of the molecule is CC(=O)Nc1cc(N)ccc1N=Nc1ccccc1Cl.Cc1ccccc1.O=CO.O=NO. The third-order valence-electron chi connectivity index (χ3n) is 3.39. The molecule has 33 heavy (non-hydrogen) atoms. The maximum absolute atomic E-state index is 11.2. The summed E-state index contributed by atoms with van der Waals surface area (Å²) >= 11 is 6.00. The number of rotatable bonds is 3. The smallest absolute Gasteiger partial charge is 0.290 e. The Balaban J connectivity index is 0.000000646. The first kappa shape index (κ1) is 28.7. The summed E-state index contributed by atoms with van der Waals surface area (Å²) in [5.74, 6) is -0.204. The molecule has 0 heterocycles. The third kappa shape index (κ3) is 13.6. The molecule has 0 fully saturated rings. The van der Waals surface area contributed by atoms with E-state index in [0.717, 1.165) is 0 Å². The number of hydrogen-bond donors (Lipinski definition) is 4. The normalized spacial score (nSPS) is 9.06. The molecule has 1 amide bonds. The molecule has 0 spiro atoms. The number of carbonyl (C=O) groups excluding carboxylic acids is 1. The topological polar surface area (TPSA) is 167 Å². The van der Waals surface area contributed by atoms with Crippen molar-refractivity contribution >= 4 is 46.7 Å². The van der Waals surface area contributed by atoms with Gasteiger partial charge in [0.2, 0.25) is 5.91 Å². The second kappa shape index (κ2) is 17.4. The molecular formula is C22H24ClN5O5. The second-order valence-electron chi connectivity index (χ2n) is 5.95. The van der Waals surface area contributed by atoms with Gasteiger partial charge in [0, 0.05) is 12.6 Å². The largest absolute Gasteiger partial charge is 0.483 e. The van der Waals surface area contributed by atoms with Crippen LogP contribution in [0.4, 0.5) is 22.7 Å². The van der Waals surface area contributed by atoms with E-state index in [-0.39, 0.29) is 12.4 Å². The maximum atomic E-state index is 11.2. The number of nitrogens with two attached hydrogens (primary N) is 1. The molecule has 3 rings (SSSR count). The summed E-state index contributed by atoms with van der Waals surface area (Å²) in [7, 11) is 0. The zero-order valence-corrected chi connectivity index (χ0v) is 18.7. The number of aryl methyl sites for hydroxylation is 1. The Morgan fingerprint density at radius 3 is 2.00 bits per heavy atom. The van der Waals surface area contributed by atoms with Gasteiger partial charge in [-0.3, -0.25) is 9.59 Å². The van der Waals surface area contributed by atoms with Crippen molar-refractivity contribution in [2.45, 2.75) is 13.8 Å². The van der Waals surface area contributed by atoms with Crippen molar-refractivity contribution < 1.29 is 19.9 Å². The minimum absolute atomic E-state index is 0.204. The molecule has 5 N–H and O–H groups in total. The molecule has 10 nitrogen and oxygen atoms in total. The highest BCUT2D eigenvalue weighted by molar-refractivity contribution is 6.32. The Morgan fingerprint density at radius 1 is 1.00 bits per heavy atom. The van der Waals surface area contributed by atoms with Gasteiger partial charge in [0.1, 0.15) is 11.4 Å². The molecule has 0 aromatic heterocycles. The summed E-state index contributed by atoms with van der Waals surface area (Å²) in [4.78, 5) is 27.6. The van der Waals surface area contributed by atoms with E-state index in [1.54, 1.807) is 30.3 Å². The number of nitrogens with zero attached hydrogens (tertiary/aromatic N) is 3. The van der Waals surface area contributed by atoms with Gasteiger partial charge in [0.15, 0.2) is 5.34 Å². The molecule has 3 aromatic carbocycles. The van der Waals surface area contributed by atoms with Gasteiger partial charge in [-0.05, 0) is 37.3 Å². The van der Waals surface area contributed by atoms with E-state index >= 15 is 0 Å². The van der Waals surface area contributed by atoms with Crippen molar-refractivity contribution in [2.75, 3.05) is 11.1 Å². The summed E-state index contributed by atoms with van der Waals surface area (Å²) in [6.07, 6.45) is 0. The Kier molecular flexibility index (Phi) is 15.1. The molecular weight excluding hydrogens is 450 g/mol. The number of amides is 1. The van der Waals surface area contributed by atoms with Crippen molar-refractivity contribution in [2.24, 2.45) is 15.6 Å². The molecule has 0 bridgehead atoms. The third-order valence-corrected chi connectivity index (χ3v) is 3.71. The zero-order chi connectivity index (χ0) is 25.1. The number of hydrogen-bond acceptors (Lipinski definition) is 7. The van der Waals surface area contributed by atoms with E-state index in [1.165, 1.54) is 17.8 Å². The first-order valence-corrected chi connectivity index (χ1v) is 9.56. The first-order chi connectivity index (χ1) is 15.8. The molecule has 0 radical (unpaired) electrons. The lowest BCUT2D eigenvalue weighted by Crippen LogP contribution is -2.06. The molecule has 174 valence electrons. The molecule has 0 aliphatic rings. The van der Waals surface area contributed by atoms with E-state index in [1.807, 2.05) is 30.3 Å². The zero-order valence-electron chi connectivity index (χ0n) is 17.9. The first-order valence-electron chi connectivity index (χ1n) is 9.18. The minimum Gasteiger partial charge on any atom is -0.483 e. The number of anilines is 2. The van der Waals surface area contributed by atoms with Crippen LogP contribution in [0.2, 0.25) is 5.02 Å². The Labute approximate surface area is 195 Å². The van der Waals surface area contributed by atoms with Crippen LogP contribution in [0, 0.1) is 11.8 Å². The molecule has 0 aliphatic heterocycles. The van der Waals surface area contributed by atoms with Gasteiger partial charge in [-0.25, -0.2) is 0 Å². The molecule has 11 heteroatoms. The highest BCUT2D eigenvalue weighted by Crippen LogP contribution is 2.31. The highest BCUT2D eigenvalue weighted by atomic mass is 35.5. The summed E-state index contributed by atoms with van der Waals surface area (Å²) in [6, 6.07) is 22.4. The van der Waals surface area contributed by atoms with E-state index in [2.05, 4.69) is 34.6 Å². The van der Waals surface area contributed by atoms with Gasteiger partial charge in [0.25, 0.3) is 6.47 Å². The van der Waals surface area contributed by atoms with Crippen LogP contribution in [0.1, 0.15) is 12.5 Å². The summed E-state index contributed by atoms with van der Waals surface area (Å²) in [5, 5.41) is 26.1. The average Bonchev–Trinajstić information content (AvgIpc) is 2.76. The fourth-order valence-corrected chi connectivity index (χ4v) is 2.28. The molecule has 0 saturated heterocycles. The lowest BCUT2D eigenvalue weighted by atomic mass is 10.2. The van der Waals surface area contributed by atoms with E-state index in [0.29, 0.717) is 27.8 Å². The molecule has 0 saturated carbocycles. The number of benzene rings is 3. The molecule has 0 unspecified atom stereocenters. The number of azo groups is 1. The van der Waals surface area contributed by atoms with Crippen molar-refractivity contribution in [3.05, 3.63) is 88.3 Å². The molecule has 0 aliphatic carbocycles. The van der Waals surface area contributed by atoms with E-state index in [4.69, 9.17) is 37.3 Å². The monoisotopic (exact) mass is 473 g/mol. The number of carboxylic acid groups (broad SMARTS) is 1. The van der Waals surface area contributed by atoms with Crippen molar-refractivity contribution in [1.29, 1.82) is 0 Å². The predicted molar refractivity (Wildman–Crippen MR) is 128 cm³/mol. The van der Waals surface area contributed by atoms with Crippen LogP contribution in [-0.2, 0) is 9.59 Å². The number of nitrogens with one attached hydrogen (secondary N) is 1. The lowest BCUT2D eigenvalue weighted by Gasteiger charge is -2.06. The molecule has 3 aromatic rings. The van der Waals surface area contributed by atoms with Crippen molar-refractivity contribution in [3.63, 3.8) is 0 Å². The van der Waals surface area contributed by atoms with Crippen LogP contribution in [0.3, 0.4) is 0 Å². The minimum atomic E-state index is -0.250. The Bertz CT molecular complexity index is 1030. The van der Waals surface area contributed by atoms with E-state index < -0.39 is 0 Å². The van der Waals surface area contributed by atoms with Crippen LogP contribution in [0.5, 0.6) is 0 Å². The van der Waals surface area contributed by atoms with Crippen LogP contribution < -0.4 is 11.1 Å². The Morgan fingerprint density at radius 2 is 1.52 bits per heavy atom. The van der Waals surface area contributed by atoms with Gasteiger partial charge < -0.3 is 21.4 Å².